The van der Waals surface area contributed by atoms with E-state index in [0.29, 0.717) is 13.2 Å². The lowest BCUT2D eigenvalue weighted by Crippen LogP contribution is -2.33. The number of methoxy groups -OCH3 is 1. The monoisotopic (exact) mass is 328 g/mol. The Bertz CT molecular complexity index is 654. The van der Waals surface area contributed by atoms with Gasteiger partial charge in [-0.15, -0.1) is 0 Å². The maximum Gasteiger partial charge on any atom is 0.224 e. The van der Waals surface area contributed by atoms with Crippen molar-refractivity contribution in [3.8, 4) is 11.3 Å². The van der Waals surface area contributed by atoms with Crippen molar-refractivity contribution in [2.75, 3.05) is 33.4 Å². The molecule has 1 saturated heterocycles. The topological polar surface area (TPSA) is 54.7 Å². The number of hydrogen-bond donors (Lipinski definition) is 1. The Kier molecular flexibility index (Phi) is 5.67. The second-order valence-electron chi connectivity index (χ2n) is 6.13. The zero-order valence-corrected chi connectivity index (χ0v) is 14.0. The molecule has 1 aliphatic rings. The van der Waals surface area contributed by atoms with Crippen LogP contribution in [0.25, 0.3) is 11.3 Å². The second-order valence-corrected chi connectivity index (χ2v) is 6.13. The van der Waals surface area contributed by atoms with E-state index in [4.69, 9.17) is 9.15 Å². The Morgan fingerprint density at radius 1 is 1.29 bits per heavy atom. The van der Waals surface area contributed by atoms with Crippen LogP contribution >= 0.6 is 0 Å². The molecule has 1 aliphatic heterocycles. The molecule has 0 bridgehead atoms. The molecular formula is C19H24N2O3. The molecule has 0 saturated carbocycles. The lowest BCUT2D eigenvalue weighted by atomic mass is 10.1. The van der Waals surface area contributed by atoms with E-state index in [1.807, 2.05) is 42.5 Å². The molecule has 5 nitrogen and oxygen atoms in total. The summed E-state index contributed by atoms with van der Waals surface area (Å²) in [6.07, 6.45) is 0.906. The van der Waals surface area contributed by atoms with Crippen molar-refractivity contribution in [2.45, 2.75) is 13.0 Å². The van der Waals surface area contributed by atoms with E-state index < -0.39 is 0 Å². The number of amides is 1. The molecule has 1 atom stereocenters. The number of benzene rings is 1. The summed E-state index contributed by atoms with van der Waals surface area (Å²) < 4.78 is 10.9. The second kappa shape index (κ2) is 8.13. The van der Waals surface area contributed by atoms with E-state index in [2.05, 4.69) is 10.2 Å². The quantitative estimate of drug-likeness (QED) is 0.848. The summed E-state index contributed by atoms with van der Waals surface area (Å²) in [5, 5.41) is 2.99. The van der Waals surface area contributed by atoms with Gasteiger partial charge in [0.05, 0.1) is 19.1 Å². The minimum absolute atomic E-state index is 0.0606. The summed E-state index contributed by atoms with van der Waals surface area (Å²) in [5.41, 5.74) is 1.04. The van der Waals surface area contributed by atoms with Gasteiger partial charge in [-0.1, -0.05) is 30.3 Å². The first kappa shape index (κ1) is 16.7. The van der Waals surface area contributed by atoms with Crippen molar-refractivity contribution >= 4 is 5.91 Å². The van der Waals surface area contributed by atoms with Gasteiger partial charge >= 0.3 is 0 Å². The number of carbonyl (C=O) groups is 1. The maximum absolute atomic E-state index is 12.3. The predicted octanol–water partition coefficient (Wildman–Crippen LogP) is 2.53. The molecule has 1 fully saturated rings. The predicted molar refractivity (Wildman–Crippen MR) is 92.4 cm³/mol. The molecule has 1 N–H and O–H groups in total. The molecule has 5 heteroatoms. The molecule has 1 aromatic heterocycles. The van der Waals surface area contributed by atoms with Crippen LogP contribution in [0.1, 0.15) is 12.2 Å². The lowest BCUT2D eigenvalue weighted by Gasteiger charge is -2.15. The molecule has 1 unspecified atom stereocenters. The van der Waals surface area contributed by atoms with Crippen LogP contribution in [0.3, 0.4) is 0 Å². The Morgan fingerprint density at radius 3 is 2.92 bits per heavy atom. The van der Waals surface area contributed by atoms with E-state index >= 15 is 0 Å². The van der Waals surface area contributed by atoms with Crippen LogP contribution in [0.15, 0.2) is 46.9 Å². The van der Waals surface area contributed by atoms with Gasteiger partial charge in [0.1, 0.15) is 11.5 Å². The van der Waals surface area contributed by atoms with Gasteiger partial charge in [-0.3, -0.25) is 4.79 Å². The third kappa shape index (κ3) is 4.24. The summed E-state index contributed by atoms with van der Waals surface area (Å²) in [5.74, 6) is 1.76. The Hall–Kier alpha value is -2.11. The van der Waals surface area contributed by atoms with E-state index in [1.54, 1.807) is 7.11 Å². The highest BCUT2D eigenvalue weighted by Gasteiger charge is 2.27. The van der Waals surface area contributed by atoms with Crippen LogP contribution in [-0.2, 0) is 16.1 Å². The highest BCUT2D eigenvalue weighted by atomic mass is 16.5. The van der Waals surface area contributed by atoms with Gasteiger partial charge in [0.15, 0.2) is 0 Å². The zero-order chi connectivity index (χ0) is 16.8. The zero-order valence-electron chi connectivity index (χ0n) is 14.0. The van der Waals surface area contributed by atoms with Gasteiger partial charge in [-0.25, -0.2) is 0 Å². The number of nitrogens with zero attached hydrogens (tertiary/aromatic N) is 1. The first-order chi connectivity index (χ1) is 11.8. The SMILES string of the molecule is COCCN1CCC(C(=O)NCc2ccc(-c3ccccc3)o2)C1. The van der Waals surface area contributed by atoms with E-state index in [-0.39, 0.29) is 11.8 Å². The van der Waals surface area contributed by atoms with E-state index in [9.17, 15) is 4.79 Å². The van der Waals surface area contributed by atoms with Crippen LogP contribution in [0.2, 0.25) is 0 Å². The molecule has 1 aromatic carbocycles. The fourth-order valence-electron chi connectivity index (χ4n) is 3.02. The molecule has 128 valence electrons. The third-order valence-electron chi connectivity index (χ3n) is 4.41. The standard InChI is InChI=1S/C19H24N2O3/c1-23-12-11-21-10-9-16(14-21)19(22)20-13-17-7-8-18(24-17)15-5-3-2-4-6-15/h2-8,16H,9-14H2,1H3,(H,20,22). The minimum Gasteiger partial charge on any atom is -0.459 e. The Labute approximate surface area is 142 Å². The van der Waals surface area contributed by atoms with Gasteiger partial charge in [-0.05, 0) is 25.1 Å². The van der Waals surface area contributed by atoms with Crippen LogP contribution in [-0.4, -0.2) is 44.2 Å². The van der Waals surface area contributed by atoms with Crippen molar-refractivity contribution in [3.05, 3.63) is 48.2 Å². The minimum atomic E-state index is 0.0606. The highest BCUT2D eigenvalue weighted by molar-refractivity contribution is 5.79. The summed E-state index contributed by atoms with van der Waals surface area (Å²) in [7, 11) is 1.70. The van der Waals surface area contributed by atoms with Crippen LogP contribution in [0, 0.1) is 5.92 Å². The van der Waals surface area contributed by atoms with Crippen LogP contribution in [0.5, 0.6) is 0 Å². The number of likely N-dealkylation sites (tertiary alicyclic amines) is 1. The summed E-state index contributed by atoms with van der Waals surface area (Å²) in [4.78, 5) is 14.6. The van der Waals surface area contributed by atoms with Gasteiger partial charge < -0.3 is 19.4 Å². The average molecular weight is 328 g/mol. The molecule has 2 heterocycles. The van der Waals surface area contributed by atoms with Gasteiger partial charge in [0.2, 0.25) is 5.91 Å². The lowest BCUT2D eigenvalue weighted by molar-refractivity contribution is -0.124. The smallest absolute Gasteiger partial charge is 0.224 e. The largest absolute Gasteiger partial charge is 0.459 e. The van der Waals surface area contributed by atoms with Crippen molar-refractivity contribution in [1.82, 2.24) is 10.2 Å². The average Bonchev–Trinajstić information content (AvgIpc) is 3.28. The van der Waals surface area contributed by atoms with Crippen molar-refractivity contribution in [3.63, 3.8) is 0 Å². The van der Waals surface area contributed by atoms with Gasteiger partial charge in [0.25, 0.3) is 0 Å². The molecular weight excluding hydrogens is 304 g/mol. The number of nitrogens with one attached hydrogen (secondary N) is 1. The van der Waals surface area contributed by atoms with Gasteiger partial charge in [-0.2, -0.15) is 0 Å². The summed E-state index contributed by atoms with van der Waals surface area (Å²) in [6.45, 7) is 3.80. The highest BCUT2D eigenvalue weighted by Crippen LogP contribution is 2.22. The number of hydrogen-bond acceptors (Lipinski definition) is 4. The molecule has 24 heavy (non-hydrogen) atoms. The Morgan fingerprint density at radius 2 is 2.12 bits per heavy atom. The molecule has 3 rings (SSSR count). The number of ether oxygens (including phenoxy) is 1. The Balaban J connectivity index is 1.48. The van der Waals surface area contributed by atoms with Crippen molar-refractivity contribution in [2.24, 2.45) is 5.92 Å². The number of rotatable bonds is 7. The molecule has 2 aromatic rings. The van der Waals surface area contributed by atoms with E-state index in [0.717, 1.165) is 43.1 Å². The summed E-state index contributed by atoms with van der Waals surface area (Å²) >= 11 is 0. The van der Waals surface area contributed by atoms with Crippen molar-refractivity contribution < 1.29 is 13.9 Å². The molecule has 0 radical (unpaired) electrons. The number of carbonyl (C=O) groups excluding carboxylic acids is 1. The van der Waals surface area contributed by atoms with Gasteiger partial charge in [0, 0.05) is 25.8 Å². The first-order valence-electron chi connectivity index (χ1n) is 8.39. The van der Waals surface area contributed by atoms with Crippen LogP contribution in [0.4, 0.5) is 0 Å². The number of furan rings is 1. The third-order valence-corrected chi connectivity index (χ3v) is 4.41. The summed E-state index contributed by atoms with van der Waals surface area (Å²) in [6, 6.07) is 13.8. The maximum atomic E-state index is 12.3. The fourth-order valence-corrected chi connectivity index (χ4v) is 3.02. The first-order valence-corrected chi connectivity index (χ1v) is 8.39. The van der Waals surface area contributed by atoms with Crippen molar-refractivity contribution in [1.29, 1.82) is 0 Å². The van der Waals surface area contributed by atoms with E-state index in [1.165, 1.54) is 0 Å². The molecule has 0 aliphatic carbocycles. The van der Waals surface area contributed by atoms with Crippen LogP contribution < -0.4 is 5.32 Å². The molecule has 1 amide bonds. The normalized spacial score (nSPS) is 18.0. The molecule has 0 spiro atoms. The fraction of sp³-hybridized carbons (Fsp3) is 0.421.